The number of rotatable bonds is 5. The van der Waals surface area contributed by atoms with Crippen LogP contribution in [0.5, 0.6) is 0 Å². The summed E-state index contributed by atoms with van der Waals surface area (Å²) in [5.74, 6) is -0.956. The van der Waals surface area contributed by atoms with Crippen LogP contribution in [-0.2, 0) is 9.22 Å². The van der Waals surface area contributed by atoms with E-state index in [1.165, 1.54) is 0 Å². The molecule has 1 rings (SSSR count). The first-order valence-corrected chi connectivity index (χ1v) is 12.3. The fourth-order valence-corrected chi connectivity index (χ4v) is 6.27. The number of hydrogen-bond acceptors (Lipinski definition) is 2. The van der Waals surface area contributed by atoms with Crippen LogP contribution in [0.3, 0.4) is 0 Å². The molecule has 0 aromatic rings. The van der Waals surface area contributed by atoms with Crippen molar-refractivity contribution in [3.63, 3.8) is 0 Å². The van der Waals surface area contributed by atoms with Crippen molar-refractivity contribution in [1.29, 1.82) is 0 Å². The molecule has 0 saturated heterocycles. The first kappa shape index (κ1) is 24.2. The van der Waals surface area contributed by atoms with Gasteiger partial charge in [0.15, 0.2) is 8.32 Å². The summed E-state index contributed by atoms with van der Waals surface area (Å²) in [6.07, 6.45) is -2.11. The summed E-state index contributed by atoms with van der Waals surface area (Å²) in [5.41, 5.74) is -3.46. The van der Waals surface area contributed by atoms with Crippen LogP contribution in [0.25, 0.3) is 0 Å². The molecule has 1 atom stereocenters. The predicted octanol–water partition coefficient (Wildman–Crippen LogP) is 6.84. The number of ketones is 1. The highest BCUT2D eigenvalue weighted by Crippen LogP contribution is 2.49. The molecule has 6 heteroatoms. The van der Waals surface area contributed by atoms with Crippen molar-refractivity contribution in [1.82, 2.24) is 0 Å². The highest BCUT2D eigenvalue weighted by atomic mass is 28.4. The normalized spacial score (nSPS) is 22.6. The predicted molar refractivity (Wildman–Crippen MR) is 107 cm³/mol. The van der Waals surface area contributed by atoms with Gasteiger partial charge in [-0.3, -0.25) is 4.79 Å². The van der Waals surface area contributed by atoms with Gasteiger partial charge in [-0.05, 0) is 40.6 Å². The van der Waals surface area contributed by atoms with Gasteiger partial charge >= 0.3 is 6.18 Å². The number of hydrogen-bond donors (Lipinski definition) is 0. The second kappa shape index (κ2) is 7.51. The molecular weight excluding hydrogens is 369 g/mol. The molecule has 156 valence electrons. The van der Waals surface area contributed by atoms with E-state index in [-0.39, 0.29) is 5.57 Å². The van der Waals surface area contributed by atoms with Gasteiger partial charge in [-0.1, -0.05) is 68.4 Å². The summed E-state index contributed by atoms with van der Waals surface area (Å²) in [6.45, 7) is 16.5. The van der Waals surface area contributed by atoms with Crippen LogP contribution in [0.1, 0.15) is 62.3 Å². The minimum absolute atomic E-state index is 0.179. The van der Waals surface area contributed by atoms with E-state index in [0.29, 0.717) is 23.7 Å². The zero-order valence-electron chi connectivity index (χ0n) is 18.2. The van der Waals surface area contributed by atoms with Crippen LogP contribution in [0.4, 0.5) is 13.2 Å². The molecule has 0 heterocycles. The lowest BCUT2D eigenvalue weighted by Gasteiger charge is -2.45. The van der Waals surface area contributed by atoms with Gasteiger partial charge in [0.05, 0.1) is 0 Å². The van der Waals surface area contributed by atoms with E-state index in [9.17, 15) is 18.0 Å². The quantitative estimate of drug-likeness (QED) is 0.469. The lowest BCUT2D eigenvalue weighted by Crippen LogP contribution is -2.61. The molecule has 1 aliphatic carbocycles. The first-order chi connectivity index (χ1) is 12.0. The summed E-state index contributed by atoms with van der Waals surface area (Å²) in [4.78, 5) is 13.3. The van der Waals surface area contributed by atoms with Crippen LogP contribution in [0, 0.1) is 10.8 Å². The van der Waals surface area contributed by atoms with E-state index < -0.39 is 36.7 Å². The Morgan fingerprint density at radius 1 is 0.926 bits per heavy atom. The number of carbonyl (C=O) groups excluding carboxylic acids is 1. The third-order valence-electron chi connectivity index (χ3n) is 5.65. The van der Waals surface area contributed by atoms with Gasteiger partial charge in [0, 0.05) is 5.57 Å². The molecule has 0 aliphatic heterocycles. The van der Waals surface area contributed by atoms with E-state index >= 15 is 0 Å². The van der Waals surface area contributed by atoms with Gasteiger partial charge in [0.2, 0.25) is 11.4 Å². The van der Waals surface area contributed by atoms with E-state index in [1.54, 1.807) is 26.8 Å². The molecule has 2 nitrogen and oxygen atoms in total. The van der Waals surface area contributed by atoms with Crippen molar-refractivity contribution < 1.29 is 22.4 Å². The largest absolute Gasteiger partial charge is 0.427 e. The number of alkyl halides is 3. The summed E-state index contributed by atoms with van der Waals surface area (Å²) >= 11 is 0. The Labute approximate surface area is 163 Å². The van der Waals surface area contributed by atoms with Gasteiger partial charge < -0.3 is 4.43 Å². The van der Waals surface area contributed by atoms with Crippen molar-refractivity contribution in [2.45, 2.75) is 92.2 Å². The highest BCUT2D eigenvalue weighted by molar-refractivity contribution is 6.73. The van der Waals surface area contributed by atoms with Gasteiger partial charge in [0.25, 0.3) is 0 Å². The number of halogens is 3. The fraction of sp³-hybridized carbons (Fsp3) is 0.762. The standard InChI is InChI=1S/C21H35F3O2Si/c1-10-27(11-2,12-3)26-20(21(22,23)24)14-15(18(4,5)6)13-16(17(20)25)19(7,8)9/h13-14H,10-12H2,1-9H3. The molecule has 0 spiro atoms. The molecule has 27 heavy (non-hydrogen) atoms. The van der Waals surface area contributed by atoms with Crippen molar-refractivity contribution in [2.75, 3.05) is 0 Å². The van der Waals surface area contributed by atoms with E-state index in [1.807, 2.05) is 41.5 Å². The lowest BCUT2D eigenvalue weighted by molar-refractivity contribution is -0.227. The number of Topliss-reactive ketones (excluding diaryl/α,β-unsaturated/α-hetero) is 1. The van der Waals surface area contributed by atoms with Crippen LogP contribution in [-0.4, -0.2) is 25.9 Å². The van der Waals surface area contributed by atoms with Gasteiger partial charge in [0.1, 0.15) is 0 Å². The monoisotopic (exact) mass is 404 g/mol. The van der Waals surface area contributed by atoms with Crippen molar-refractivity contribution in [3.8, 4) is 0 Å². The summed E-state index contributed by atoms with van der Waals surface area (Å²) in [5, 5.41) is 0. The van der Waals surface area contributed by atoms with Crippen LogP contribution < -0.4 is 0 Å². The molecule has 0 aromatic carbocycles. The SMILES string of the molecule is CC[Si](CC)(CC)OC1(C(F)(F)F)C=C(C(C)(C)C)C=C(C(C)(C)C)C1=O. The van der Waals surface area contributed by atoms with E-state index in [2.05, 4.69) is 0 Å². The molecule has 1 unspecified atom stereocenters. The first-order valence-electron chi connectivity index (χ1n) is 9.77. The van der Waals surface area contributed by atoms with Crippen LogP contribution in [0.15, 0.2) is 23.3 Å². The summed E-state index contributed by atoms with van der Waals surface area (Å²) in [7, 11) is -2.72. The molecule has 0 bridgehead atoms. The average molecular weight is 405 g/mol. The molecule has 0 N–H and O–H groups in total. The average Bonchev–Trinajstić information content (AvgIpc) is 2.51. The number of carbonyl (C=O) groups is 1. The molecule has 0 saturated carbocycles. The second-order valence-corrected chi connectivity index (χ2v) is 14.3. The lowest BCUT2D eigenvalue weighted by atomic mass is 9.70. The highest BCUT2D eigenvalue weighted by Gasteiger charge is 2.65. The van der Waals surface area contributed by atoms with Crippen molar-refractivity contribution in [2.24, 2.45) is 10.8 Å². The third kappa shape index (κ3) is 4.58. The smallest absolute Gasteiger partial charge is 0.394 e. The van der Waals surface area contributed by atoms with Crippen LogP contribution >= 0.6 is 0 Å². The van der Waals surface area contributed by atoms with E-state index in [4.69, 9.17) is 4.43 Å². The maximum absolute atomic E-state index is 14.5. The number of allylic oxidation sites excluding steroid dienone is 2. The Kier molecular flexibility index (Phi) is 6.71. The Morgan fingerprint density at radius 2 is 1.37 bits per heavy atom. The zero-order valence-corrected chi connectivity index (χ0v) is 19.2. The Balaban J connectivity index is 3.84. The van der Waals surface area contributed by atoms with E-state index in [0.717, 1.165) is 6.08 Å². The fourth-order valence-electron chi connectivity index (χ4n) is 3.39. The second-order valence-electron chi connectivity index (χ2n) is 9.57. The molecule has 0 radical (unpaired) electrons. The minimum atomic E-state index is -4.82. The van der Waals surface area contributed by atoms with Gasteiger partial charge in [-0.25, -0.2) is 0 Å². The zero-order chi connectivity index (χ0) is 21.5. The third-order valence-corrected chi connectivity index (χ3v) is 10.3. The topological polar surface area (TPSA) is 26.3 Å². The molecular formula is C21H35F3O2Si. The van der Waals surface area contributed by atoms with Crippen LogP contribution in [0.2, 0.25) is 18.1 Å². The molecule has 0 aromatic heterocycles. The Morgan fingerprint density at radius 3 is 1.67 bits per heavy atom. The Bertz CT molecular complexity index is 621. The Hall–Kier alpha value is -0.883. The molecule has 1 aliphatic rings. The van der Waals surface area contributed by atoms with Crippen molar-refractivity contribution in [3.05, 3.63) is 23.3 Å². The van der Waals surface area contributed by atoms with Gasteiger partial charge in [-0.2, -0.15) is 13.2 Å². The maximum atomic E-state index is 14.5. The molecule has 0 amide bonds. The summed E-state index contributed by atoms with van der Waals surface area (Å²) < 4.78 is 49.5. The minimum Gasteiger partial charge on any atom is -0.394 e. The summed E-state index contributed by atoms with van der Waals surface area (Å²) in [6, 6.07) is 1.62. The van der Waals surface area contributed by atoms with Gasteiger partial charge in [-0.15, -0.1) is 0 Å². The molecule has 0 fully saturated rings. The van der Waals surface area contributed by atoms with Crippen molar-refractivity contribution >= 4 is 14.1 Å². The maximum Gasteiger partial charge on any atom is 0.427 e.